The quantitative estimate of drug-likeness (QED) is 0.924. The molecule has 4 unspecified atom stereocenters. The second kappa shape index (κ2) is 7.06. The van der Waals surface area contributed by atoms with Gasteiger partial charge in [-0.05, 0) is 56.0 Å². The van der Waals surface area contributed by atoms with Gasteiger partial charge in [-0.1, -0.05) is 43.2 Å². The van der Waals surface area contributed by atoms with E-state index in [9.17, 15) is 4.21 Å². The Morgan fingerprint density at radius 3 is 2.43 bits per heavy atom. The van der Waals surface area contributed by atoms with E-state index >= 15 is 0 Å². The lowest BCUT2D eigenvalue weighted by molar-refractivity contribution is 0.337. The van der Waals surface area contributed by atoms with E-state index < -0.39 is 10.8 Å². The van der Waals surface area contributed by atoms with Crippen molar-refractivity contribution in [2.45, 2.75) is 61.4 Å². The van der Waals surface area contributed by atoms with Gasteiger partial charge >= 0.3 is 0 Å². The molecule has 3 heteroatoms. The molecule has 2 aliphatic rings. The van der Waals surface area contributed by atoms with Crippen molar-refractivity contribution in [3.8, 4) is 0 Å². The second-order valence-corrected chi connectivity index (χ2v) is 8.62. The van der Waals surface area contributed by atoms with Gasteiger partial charge in [0.05, 0.1) is 0 Å². The molecule has 4 atom stereocenters. The normalized spacial score (nSPS) is 32.1. The van der Waals surface area contributed by atoms with Gasteiger partial charge in [0.2, 0.25) is 0 Å². The Bertz CT molecular complexity index is 469. The predicted octanol–water partition coefficient (Wildman–Crippen LogP) is 3.59. The molecule has 2 N–H and O–H groups in total. The summed E-state index contributed by atoms with van der Waals surface area (Å²) in [5, 5.41) is 0.760. The third kappa shape index (κ3) is 3.40. The maximum atomic E-state index is 13.0. The Kier molecular flexibility index (Phi) is 5.12. The van der Waals surface area contributed by atoms with Gasteiger partial charge in [-0.15, -0.1) is 0 Å². The largest absolute Gasteiger partial charge is 0.330 e. The molecule has 0 radical (unpaired) electrons. The Morgan fingerprint density at radius 1 is 1.05 bits per heavy atom. The van der Waals surface area contributed by atoms with Gasteiger partial charge in [0.15, 0.2) is 0 Å². The van der Waals surface area contributed by atoms with Crippen LogP contribution in [0, 0.1) is 5.92 Å². The summed E-state index contributed by atoms with van der Waals surface area (Å²) < 4.78 is 13.0. The number of hydrogen-bond acceptors (Lipinski definition) is 2. The van der Waals surface area contributed by atoms with Gasteiger partial charge < -0.3 is 5.73 Å². The minimum absolute atomic E-state index is 0.317. The molecule has 2 nitrogen and oxygen atoms in total. The fraction of sp³-hybridized carbons (Fsp3) is 0.667. The molecule has 116 valence electrons. The molecular weight excluding hydrogens is 278 g/mol. The van der Waals surface area contributed by atoms with Crippen LogP contribution < -0.4 is 5.73 Å². The van der Waals surface area contributed by atoms with Crippen LogP contribution in [-0.2, 0) is 10.8 Å². The SMILES string of the molecule is NCC1CCC(c2ccccc2)CC1S(=O)C1CCCC1. The van der Waals surface area contributed by atoms with Crippen LogP contribution in [0.25, 0.3) is 0 Å². The van der Waals surface area contributed by atoms with Crippen LogP contribution in [0.5, 0.6) is 0 Å². The molecular formula is C18H27NOS. The fourth-order valence-electron chi connectivity index (χ4n) is 4.14. The molecule has 0 aliphatic heterocycles. The van der Waals surface area contributed by atoms with E-state index in [0.717, 1.165) is 25.7 Å². The Labute approximate surface area is 131 Å². The summed E-state index contributed by atoms with van der Waals surface area (Å²) in [6.45, 7) is 0.699. The van der Waals surface area contributed by atoms with Gasteiger partial charge in [0, 0.05) is 21.3 Å². The van der Waals surface area contributed by atoms with Crippen LogP contribution >= 0.6 is 0 Å². The molecule has 0 heterocycles. The molecule has 2 saturated carbocycles. The molecule has 21 heavy (non-hydrogen) atoms. The highest BCUT2D eigenvalue weighted by Crippen LogP contribution is 2.40. The molecule has 1 aromatic rings. The first-order valence-electron chi connectivity index (χ1n) is 8.44. The summed E-state index contributed by atoms with van der Waals surface area (Å²) in [4.78, 5) is 0. The lowest BCUT2D eigenvalue weighted by atomic mass is 9.78. The number of rotatable bonds is 4. The van der Waals surface area contributed by atoms with Crippen molar-refractivity contribution in [2.24, 2.45) is 11.7 Å². The van der Waals surface area contributed by atoms with E-state index in [1.807, 2.05) is 0 Å². The highest BCUT2D eigenvalue weighted by molar-refractivity contribution is 7.86. The van der Waals surface area contributed by atoms with Crippen LogP contribution in [0.4, 0.5) is 0 Å². The van der Waals surface area contributed by atoms with E-state index in [1.54, 1.807) is 0 Å². The predicted molar refractivity (Wildman–Crippen MR) is 89.8 cm³/mol. The molecule has 2 aliphatic carbocycles. The summed E-state index contributed by atoms with van der Waals surface area (Å²) in [5.74, 6) is 1.04. The Morgan fingerprint density at radius 2 is 1.76 bits per heavy atom. The van der Waals surface area contributed by atoms with E-state index in [4.69, 9.17) is 5.73 Å². The van der Waals surface area contributed by atoms with E-state index in [1.165, 1.54) is 24.8 Å². The van der Waals surface area contributed by atoms with Crippen molar-refractivity contribution < 1.29 is 4.21 Å². The molecule has 0 spiro atoms. The average Bonchev–Trinajstić information content (AvgIpc) is 3.09. The monoisotopic (exact) mass is 305 g/mol. The summed E-state index contributed by atoms with van der Waals surface area (Å²) in [7, 11) is -0.686. The zero-order valence-corrected chi connectivity index (χ0v) is 13.6. The number of benzene rings is 1. The zero-order chi connectivity index (χ0) is 14.7. The van der Waals surface area contributed by atoms with Gasteiger partial charge in [0.1, 0.15) is 0 Å². The Balaban J connectivity index is 1.74. The summed E-state index contributed by atoms with van der Waals surface area (Å²) in [6.07, 6.45) is 8.25. The van der Waals surface area contributed by atoms with Crippen molar-refractivity contribution >= 4 is 10.8 Å². The third-order valence-electron chi connectivity index (χ3n) is 5.43. The molecule has 2 fully saturated rings. The highest BCUT2D eigenvalue weighted by atomic mass is 32.2. The summed E-state index contributed by atoms with van der Waals surface area (Å²) in [5.41, 5.74) is 7.40. The standard InChI is InChI=1S/C18H27NOS/c19-13-16-11-10-15(14-6-2-1-3-7-14)12-18(16)21(20)17-8-4-5-9-17/h1-3,6-7,15-18H,4-5,8-13,19H2. The van der Waals surface area contributed by atoms with Gasteiger partial charge in [-0.25, -0.2) is 0 Å². The van der Waals surface area contributed by atoms with Crippen LogP contribution in [0.2, 0.25) is 0 Å². The van der Waals surface area contributed by atoms with Gasteiger partial charge in [-0.2, -0.15) is 0 Å². The fourth-order valence-corrected chi connectivity index (χ4v) is 6.48. The molecule has 0 aromatic heterocycles. The van der Waals surface area contributed by atoms with Crippen LogP contribution in [0.1, 0.15) is 56.4 Å². The van der Waals surface area contributed by atoms with Gasteiger partial charge in [-0.3, -0.25) is 4.21 Å². The molecule has 0 amide bonds. The number of hydrogen-bond donors (Lipinski definition) is 1. The molecule has 3 rings (SSSR count). The first kappa shape index (κ1) is 15.2. The third-order valence-corrected chi connectivity index (χ3v) is 7.73. The maximum Gasteiger partial charge on any atom is 0.0396 e. The topological polar surface area (TPSA) is 43.1 Å². The first-order chi connectivity index (χ1) is 10.3. The summed E-state index contributed by atoms with van der Waals surface area (Å²) in [6, 6.07) is 10.8. The zero-order valence-electron chi connectivity index (χ0n) is 12.7. The highest BCUT2D eigenvalue weighted by Gasteiger charge is 2.37. The van der Waals surface area contributed by atoms with E-state index in [-0.39, 0.29) is 0 Å². The lowest BCUT2D eigenvalue weighted by Crippen LogP contribution is -2.39. The van der Waals surface area contributed by atoms with Crippen LogP contribution in [-0.4, -0.2) is 21.3 Å². The van der Waals surface area contributed by atoms with Gasteiger partial charge in [0.25, 0.3) is 0 Å². The maximum absolute atomic E-state index is 13.0. The van der Waals surface area contributed by atoms with E-state index in [2.05, 4.69) is 30.3 Å². The van der Waals surface area contributed by atoms with Crippen LogP contribution in [0.15, 0.2) is 30.3 Å². The van der Waals surface area contributed by atoms with Crippen molar-refractivity contribution in [3.05, 3.63) is 35.9 Å². The average molecular weight is 305 g/mol. The summed E-state index contributed by atoms with van der Waals surface area (Å²) >= 11 is 0. The first-order valence-corrected chi connectivity index (χ1v) is 9.71. The smallest absolute Gasteiger partial charge is 0.0396 e. The molecule has 0 saturated heterocycles. The van der Waals surface area contributed by atoms with Crippen molar-refractivity contribution in [1.29, 1.82) is 0 Å². The van der Waals surface area contributed by atoms with Crippen molar-refractivity contribution in [2.75, 3.05) is 6.54 Å². The second-order valence-electron chi connectivity index (χ2n) is 6.69. The Hall–Kier alpha value is -0.670. The van der Waals surface area contributed by atoms with E-state index in [0.29, 0.717) is 28.9 Å². The lowest BCUT2D eigenvalue weighted by Gasteiger charge is -2.36. The number of nitrogens with two attached hydrogens (primary N) is 1. The molecule has 1 aromatic carbocycles. The molecule has 0 bridgehead atoms. The van der Waals surface area contributed by atoms with Crippen LogP contribution in [0.3, 0.4) is 0 Å². The minimum atomic E-state index is -0.686. The minimum Gasteiger partial charge on any atom is -0.330 e. The van der Waals surface area contributed by atoms with Crippen molar-refractivity contribution in [1.82, 2.24) is 0 Å². The van der Waals surface area contributed by atoms with Crippen molar-refractivity contribution in [3.63, 3.8) is 0 Å².